The number of methoxy groups -OCH3 is 1. The fourth-order valence-electron chi connectivity index (χ4n) is 3.40. The number of likely N-dealkylation sites (N-methyl/N-ethyl adjacent to an activating group) is 1. The van der Waals surface area contributed by atoms with Crippen LogP contribution in [0.3, 0.4) is 0 Å². The summed E-state index contributed by atoms with van der Waals surface area (Å²) in [6, 6.07) is 6.66. The van der Waals surface area contributed by atoms with Gasteiger partial charge in [-0.15, -0.1) is 0 Å². The van der Waals surface area contributed by atoms with Gasteiger partial charge in [-0.1, -0.05) is 62.8 Å². The molecule has 0 saturated carbocycles. The standard InChI is InChI=1S/C24H45BNO8P/c1-26(2,3)17-19-33-35(30)32-18-11-9-7-5-6-8-10-12-23(20-27)34-24(31-4)21-13-15-22(16-14-21)25(28)29/h13-16,23-24,27-29H,5-12,17-20H2,1-4H3. The molecule has 0 aliphatic rings. The molecule has 0 aliphatic carbocycles. The van der Waals surface area contributed by atoms with Gasteiger partial charge in [0.25, 0.3) is 0 Å². The van der Waals surface area contributed by atoms with Crippen molar-refractivity contribution >= 4 is 21.2 Å². The fraction of sp³-hybridized carbons (Fsp3) is 0.750. The quantitative estimate of drug-likeness (QED) is 0.0743. The molecule has 0 bridgehead atoms. The predicted molar refractivity (Wildman–Crippen MR) is 137 cm³/mol. The molecule has 0 saturated heterocycles. The molecule has 0 fully saturated rings. The predicted octanol–water partition coefficient (Wildman–Crippen LogP) is 1.84. The van der Waals surface area contributed by atoms with Crippen LogP contribution < -0.4 is 10.4 Å². The summed E-state index contributed by atoms with van der Waals surface area (Å²) >= 11 is 0. The highest BCUT2D eigenvalue weighted by atomic mass is 31.2. The molecule has 0 radical (unpaired) electrons. The molecule has 0 heterocycles. The van der Waals surface area contributed by atoms with Gasteiger partial charge in [0.1, 0.15) is 13.2 Å². The highest BCUT2D eigenvalue weighted by Gasteiger charge is 2.19. The maximum absolute atomic E-state index is 11.7. The van der Waals surface area contributed by atoms with Gasteiger partial charge >= 0.3 is 7.12 Å². The zero-order valence-electron chi connectivity index (χ0n) is 21.8. The first kappa shape index (κ1) is 32.4. The Morgan fingerprint density at radius 3 is 2.03 bits per heavy atom. The topological polar surface area (TPSA) is 121 Å². The summed E-state index contributed by atoms with van der Waals surface area (Å²) in [5.74, 6) is 0. The smallest absolute Gasteiger partial charge is 0.488 e. The van der Waals surface area contributed by atoms with Gasteiger partial charge in [0.05, 0.1) is 49.1 Å². The first-order valence-corrected chi connectivity index (χ1v) is 13.5. The maximum Gasteiger partial charge on any atom is 0.488 e. The second-order valence-electron chi connectivity index (χ2n) is 9.72. The summed E-state index contributed by atoms with van der Waals surface area (Å²) in [6.45, 7) is 1.58. The van der Waals surface area contributed by atoms with Gasteiger partial charge < -0.3 is 43.1 Å². The van der Waals surface area contributed by atoms with Crippen LogP contribution >= 0.6 is 8.60 Å². The molecular weight excluding hydrogens is 472 g/mol. The maximum atomic E-state index is 11.7. The number of hydrogen-bond acceptors (Lipinski definition) is 8. The van der Waals surface area contributed by atoms with Crippen LogP contribution in [0.15, 0.2) is 24.3 Å². The van der Waals surface area contributed by atoms with Gasteiger partial charge in [0.15, 0.2) is 6.29 Å². The van der Waals surface area contributed by atoms with E-state index in [2.05, 4.69) is 21.1 Å². The van der Waals surface area contributed by atoms with E-state index < -0.39 is 22.0 Å². The lowest BCUT2D eigenvalue weighted by Crippen LogP contribution is -2.37. The van der Waals surface area contributed by atoms with Crippen LogP contribution in [-0.4, -0.2) is 87.5 Å². The lowest BCUT2D eigenvalue weighted by Gasteiger charge is -2.27. The summed E-state index contributed by atoms with van der Waals surface area (Å²) < 4.78 is 22.5. The summed E-state index contributed by atoms with van der Waals surface area (Å²) in [5.41, 5.74) is 1.14. The van der Waals surface area contributed by atoms with Gasteiger partial charge in [0, 0.05) is 12.7 Å². The number of aliphatic hydroxyl groups is 1. The van der Waals surface area contributed by atoms with E-state index in [0.29, 0.717) is 18.7 Å². The van der Waals surface area contributed by atoms with Crippen molar-refractivity contribution < 1.29 is 43.1 Å². The number of nitrogens with zero attached hydrogens (tertiary/aromatic N) is 1. The summed E-state index contributed by atoms with van der Waals surface area (Å²) in [6.07, 6.45) is 7.04. The highest BCUT2D eigenvalue weighted by Crippen LogP contribution is 2.28. The third kappa shape index (κ3) is 15.9. The molecule has 202 valence electrons. The average molecular weight is 517 g/mol. The molecule has 9 nitrogen and oxygen atoms in total. The Morgan fingerprint density at radius 1 is 0.914 bits per heavy atom. The molecule has 3 unspecified atom stereocenters. The van der Waals surface area contributed by atoms with Crippen molar-refractivity contribution in [3.63, 3.8) is 0 Å². The molecule has 0 aliphatic heterocycles. The second-order valence-corrected chi connectivity index (χ2v) is 10.7. The average Bonchev–Trinajstić information content (AvgIpc) is 2.81. The Bertz CT molecular complexity index is 647. The van der Waals surface area contributed by atoms with Gasteiger partial charge in [-0.25, -0.2) is 0 Å². The van der Waals surface area contributed by atoms with Crippen molar-refractivity contribution in [2.24, 2.45) is 0 Å². The van der Waals surface area contributed by atoms with E-state index in [4.69, 9.17) is 18.5 Å². The first-order valence-electron chi connectivity index (χ1n) is 12.4. The summed E-state index contributed by atoms with van der Waals surface area (Å²) in [5, 5.41) is 28.1. The van der Waals surface area contributed by atoms with Crippen LogP contribution in [-0.2, 0) is 18.5 Å². The van der Waals surface area contributed by atoms with Crippen molar-refractivity contribution in [2.75, 3.05) is 54.6 Å². The van der Waals surface area contributed by atoms with Crippen LogP contribution in [0.5, 0.6) is 0 Å². The Kier molecular flexibility index (Phi) is 17.2. The van der Waals surface area contributed by atoms with Crippen LogP contribution in [0.1, 0.15) is 63.2 Å². The van der Waals surface area contributed by atoms with Gasteiger partial charge in [-0.2, -0.15) is 0 Å². The number of quaternary nitrogens is 1. The van der Waals surface area contributed by atoms with Crippen LogP contribution in [0, 0.1) is 0 Å². The lowest BCUT2D eigenvalue weighted by atomic mass is 9.80. The number of hydrogen-bond donors (Lipinski definition) is 3. The van der Waals surface area contributed by atoms with Crippen LogP contribution in [0.4, 0.5) is 0 Å². The zero-order chi connectivity index (χ0) is 26.1. The number of aliphatic hydroxyl groups excluding tert-OH is 1. The van der Waals surface area contributed by atoms with E-state index in [1.54, 1.807) is 24.3 Å². The molecule has 11 heteroatoms. The van der Waals surface area contributed by atoms with Crippen molar-refractivity contribution in [2.45, 2.75) is 63.8 Å². The number of benzene rings is 1. The van der Waals surface area contributed by atoms with E-state index >= 15 is 0 Å². The molecule has 0 amide bonds. The third-order valence-electron chi connectivity index (χ3n) is 5.57. The monoisotopic (exact) mass is 517 g/mol. The molecule has 0 spiro atoms. The third-order valence-corrected chi connectivity index (χ3v) is 6.35. The fourth-order valence-corrected chi connectivity index (χ4v) is 3.98. The van der Waals surface area contributed by atoms with Crippen molar-refractivity contribution in [3.8, 4) is 0 Å². The van der Waals surface area contributed by atoms with Crippen LogP contribution in [0.25, 0.3) is 0 Å². The van der Waals surface area contributed by atoms with E-state index in [9.17, 15) is 20.0 Å². The molecule has 3 atom stereocenters. The van der Waals surface area contributed by atoms with E-state index in [-0.39, 0.29) is 12.7 Å². The van der Waals surface area contributed by atoms with Gasteiger partial charge in [-0.3, -0.25) is 0 Å². The molecule has 3 N–H and O–H groups in total. The molecule has 1 rings (SSSR count). The van der Waals surface area contributed by atoms with Gasteiger partial charge in [0.2, 0.25) is 0 Å². The zero-order valence-corrected chi connectivity index (χ0v) is 22.7. The number of ether oxygens (including phenoxy) is 2. The number of unbranched alkanes of at least 4 members (excludes halogenated alkanes) is 6. The minimum absolute atomic E-state index is 0.0887. The highest BCUT2D eigenvalue weighted by molar-refractivity contribution is 7.39. The minimum Gasteiger partial charge on any atom is -0.786 e. The number of rotatable bonds is 21. The van der Waals surface area contributed by atoms with Crippen molar-refractivity contribution in [3.05, 3.63) is 29.8 Å². The van der Waals surface area contributed by atoms with Crippen molar-refractivity contribution in [1.82, 2.24) is 0 Å². The molecule has 35 heavy (non-hydrogen) atoms. The Balaban J connectivity index is 2.10. The van der Waals surface area contributed by atoms with E-state index in [1.807, 2.05) is 0 Å². The van der Waals surface area contributed by atoms with Gasteiger partial charge in [-0.05, 0) is 18.3 Å². The first-order chi connectivity index (χ1) is 16.7. The largest absolute Gasteiger partial charge is 0.786 e. The summed E-state index contributed by atoms with van der Waals surface area (Å²) in [7, 11) is 4.17. The van der Waals surface area contributed by atoms with Crippen molar-refractivity contribution in [1.29, 1.82) is 0 Å². The van der Waals surface area contributed by atoms with E-state index in [0.717, 1.165) is 68.0 Å². The lowest BCUT2D eigenvalue weighted by molar-refractivity contribution is -0.870. The Labute approximate surface area is 212 Å². The normalized spacial score (nSPS) is 14.6. The molecular formula is C24H45BNO8P. The SMILES string of the molecule is COC(OC(CO)CCCCCCCCCOP([O-])OCC[N+](C)(C)C)c1ccc(B(O)O)cc1. The molecule has 1 aromatic carbocycles. The Hall–Kier alpha value is -0.645. The van der Waals surface area contributed by atoms with Crippen LogP contribution in [0.2, 0.25) is 0 Å². The summed E-state index contributed by atoms with van der Waals surface area (Å²) in [4.78, 5) is 11.7. The second kappa shape index (κ2) is 18.6. The Morgan fingerprint density at radius 2 is 1.49 bits per heavy atom. The molecule has 0 aromatic heterocycles. The van der Waals surface area contributed by atoms with E-state index in [1.165, 1.54) is 7.11 Å². The minimum atomic E-state index is -2.02. The molecule has 1 aromatic rings.